The van der Waals surface area contributed by atoms with Gasteiger partial charge in [-0.05, 0) is 11.5 Å². The number of benzene rings is 1. The lowest BCUT2D eigenvalue weighted by molar-refractivity contribution is -0.140. The molecule has 1 rings (SSSR count). The molecule has 0 bridgehead atoms. The number of amides is 1. The average Bonchev–Trinajstić information content (AvgIpc) is 2.39. The number of esters is 1. The maximum Gasteiger partial charge on any atom is 0.307 e. The Morgan fingerprint density at radius 1 is 1.28 bits per heavy atom. The lowest BCUT2D eigenvalue weighted by Gasteiger charge is -2.11. The van der Waals surface area contributed by atoms with Gasteiger partial charge >= 0.3 is 5.97 Å². The second-order valence-electron chi connectivity index (χ2n) is 4.19. The van der Waals surface area contributed by atoms with Crippen LogP contribution >= 0.6 is 0 Å². The molecule has 0 fully saturated rings. The fourth-order valence-electron chi connectivity index (χ4n) is 1.66. The summed E-state index contributed by atoms with van der Waals surface area (Å²) in [5, 5.41) is 2.71. The van der Waals surface area contributed by atoms with Crippen molar-refractivity contribution in [3.05, 3.63) is 35.9 Å². The number of carbonyl (C=O) groups excluding carboxylic acids is 2. The number of methoxy groups -OCH3 is 1. The average molecular weight is 249 g/mol. The number of carbonyl (C=O) groups is 2. The monoisotopic (exact) mass is 249 g/mol. The van der Waals surface area contributed by atoms with Gasteiger partial charge in [-0.2, -0.15) is 0 Å². The molecule has 0 aromatic heterocycles. The largest absolute Gasteiger partial charge is 0.469 e. The van der Waals surface area contributed by atoms with E-state index < -0.39 is 0 Å². The molecular formula is C14H19NO3. The molecule has 1 N–H and O–H groups in total. The van der Waals surface area contributed by atoms with E-state index in [-0.39, 0.29) is 24.2 Å². The van der Waals surface area contributed by atoms with Gasteiger partial charge in [0, 0.05) is 13.0 Å². The number of nitrogens with one attached hydrogen (secondary N) is 1. The zero-order valence-electron chi connectivity index (χ0n) is 10.8. The van der Waals surface area contributed by atoms with Crippen LogP contribution in [-0.2, 0) is 14.3 Å². The van der Waals surface area contributed by atoms with Crippen molar-refractivity contribution in [2.75, 3.05) is 13.7 Å². The quantitative estimate of drug-likeness (QED) is 0.783. The minimum atomic E-state index is -0.314. The first-order valence-electron chi connectivity index (χ1n) is 6.02. The second kappa shape index (κ2) is 7.48. The number of hydrogen-bond acceptors (Lipinski definition) is 3. The van der Waals surface area contributed by atoms with Gasteiger partial charge in [0.1, 0.15) is 0 Å². The van der Waals surface area contributed by atoms with E-state index in [4.69, 9.17) is 0 Å². The van der Waals surface area contributed by atoms with Crippen LogP contribution in [0.5, 0.6) is 0 Å². The third kappa shape index (κ3) is 4.99. The Labute approximate surface area is 107 Å². The van der Waals surface area contributed by atoms with E-state index in [1.54, 1.807) is 0 Å². The molecule has 0 saturated heterocycles. The van der Waals surface area contributed by atoms with Crippen LogP contribution in [-0.4, -0.2) is 25.5 Å². The van der Waals surface area contributed by atoms with Crippen molar-refractivity contribution in [2.24, 2.45) is 0 Å². The van der Waals surface area contributed by atoms with E-state index in [1.165, 1.54) is 7.11 Å². The van der Waals surface area contributed by atoms with Crippen LogP contribution in [0.4, 0.5) is 0 Å². The molecule has 0 saturated carbocycles. The lowest BCUT2D eigenvalue weighted by Crippen LogP contribution is -2.27. The summed E-state index contributed by atoms with van der Waals surface area (Å²) in [7, 11) is 1.33. The highest BCUT2D eigenvalue weighted by Gasteiger charge is 2.11. The molecule has 0 spiro atoms. The van der Waals surface area contributed by atoms with Crippen LogP contribution in [0.15, 0.2) is 30.3 Å². The zero-order chi connectivity index (χ0) is 13.4. The fraction of sp³-hybridized carbons (Fsp3) is 0.429. The molecule has 4 heteroatoms. The second-order valence-corrected chi connectivity index (χ2v) is 4.19. The molecule has 0 heterocycles. The third-order valence-corrected chi connectivity index (χ3v) is 2.74. The predicted octanol–water partition coefficient (Wildman–Crippen LogP) is 1.86. The minimum absolute atomic E-state index is 0.0461. The molecule has 1 aromatic rings. The van der Waals surface area contributed by atoms with E-state index in [0.29, 0.717) is 13.0 Å². The van der Waals surface area contributed by atoms with Crippen molar-refractivity contribution in [3.63, 3.8) is 0 Å². The maximum atomic E-state index is 11.6. The molecule has 1 unspecified atom stereocenters. The van der Waals surface area contributed by atoms with E-state index in [2.05, 4.69) is 10.1 Å². The van der Waals surface area contributed by atoms with Crippen LogP contribution < -0.4 is 5.32 Å². The van der Waals surface area contributed by atoms with Crippen LogP contribution in [0, 0.1) is 0 Å². The molecule has 0 aliphatic carbocycles. The van der Waals surface area contributed by atoms with Crippen molar-refractivity contribution in [1.82, 2.24) is 5.32 Å². The molecular weight excluding hydrogens is 230 g/mol. The van der Waals surface area contributed by atoms with Gasteiger partial charge in [0.2, 0.25) is 5.91 Å². The van der Waals surface area contributed by atoms with Gasteiger partial charge in [-0.1, -0.05) is 37.3 Å². The molecule has 18 heavy (non-hydrogen) atoms. The first-order chi connectivity index (χ1) is 8.63. The Morgan fingerprint density at radius 2 is 1.94 bits per heavy atom. The van der Waals surface area contributed by atoms with Gasteiger partial charge in [0.05, 0.1) is 13.5 Å². The third-order valence-electron chi connectivity index (χ3n) is 2.74. The SMILES string of the molecule is COC(=O)CCNC(=O)CC(C)c1ccccc1. The number of rotatable bonds is 6. The van der Waals surface area contributed by atoms with Crippen LogP contribution in [0.25, 0.3) is 0 Å². The van der Waals surface area contributed by atoms with Gasteiger partial charge in [0.25, 0.3) is 0 Å². The Kier molecular flexibility index (Phi) is 5.91. The summed E-state index contributed by atoms with van der Waals surface area (Å²) in [4.78, 5) is 22.5. The van der Waals surface area contributed by atoms with Crippen LogP contribution in [0.2, 0.25) is 0 Å². The standard InChI is InChI=1S/C14H19NO3/c1-11(12-6-4-3-5-7-12)10-13(16)15-9-8-14(17)18-2/h3-7,11H,8-10H2,1-2H3,(H,15,16). The molecule has 0 radical (unpaired) electrons. The molecule has 0 aliphatic rings. The molecule has 98 valence electrons. The van der Waals surface area contributed by atoms with Crippen molar-refractivity contribution in [1.29, 1.82) is 0 Å². The van der Waals surface area contributed by atoms with Gasteiger partial charge in [-0.25, -0.2) is 0 Å². The Balaban J connectivity index is 2.30. The van der Waals surface area contributed by atoms with Crippen molar-refractivity contribution < 1.29 is 14.3 Å². The summed E-state index contributed by atoms with van der Waals surface area (Å²) >= 11 is 0. The normalized spacial score (nSPS) is 11.7. The number of hydrogen-bond donors (Lipinski definition) is 1. The maximum absolute atomic E-state index is 11.6. The van der Waals surface area contributed by atoms with Gasteiger partial charge in [-0.3, -0.25) is 9.59 Å². The van der Waals surface area contributed by atoms with Crippen molar-refractivity contribution in [3.8, 4) is 0 Å². The first-order valence-corrected chi connectivity index (χ1v) is 6.02. The smallest absolute Gasteiger partial charge is 0.307 e. The predicted molar refractivity (Wildman–Crippen MR) is 69.1 cm³/mol. The van der Waals surface area contributed by atoms with E-state index in [0.717, 1.165) is 5.56 Å². The summed E-state index contributed by atoms with van der Waals surface area (Å²) in [6, 6.07) is 9.88. The zero-order valence-corrected chi connectivity index (χ0v) is 10.8. The highest BCUT2D eigenvalue weighted by Crippen LogP contribution is 2.17. The topological polar surface area (TPSA) is 55.4 Å². The molecule has 4 nitrogen and oxygen atoms in total. The van der Waals surface area contributed by atoms with E-state index in [9.17, 15) is 9.59 Å². The summed E-state index contributed by atoms with van der Waals surface area (Å²) in [6.07, 6.45) is 0.632. The first kappa shape index (κ1) is 14.2. The van der Waals surface area contributed by atoms with Gasteiger partial charge < -0.3 is 10.1 Å². The summed E-state index contributed by atoms with van der Waals surface area (Å²) in [5.41, 5.74) is 1.14. The lowest BCUT2D eigenvalue weighted by atomic mass is 9.98. The summed E-state index contributed by atoms with van der Waals surface area (Å²) < 4.78 is 4.49. The van der Waals surface area contributed by atoms with Crippen molar-refractivity contribution >= 4 is 11.9 Å². The van der Waals surface area contributed by atoms with E-state index in [1.807, 2.05) is 37.3 Å². The Morgan fingerprint density at radius 3 is 2.56 bits per heavy atom. The van der Waals surface area contributed by atoms with Gasteiger partial charge in [-0.15, -0.1) is 0 Å². The van der Waals surface area contributed by atoms with Crippen LogP contribution in [0.1, 0.15) is 31.2 Å². The number of ether oxygens (including phenoxy) is 1. The molecule has 1 atom stereocenters. The molecule has 1 amide bonds. The Hall–Kier alpha value is -1.84. The van der Waals surface area contributed by atoms with Crippen LogP contribution in [0.3, 0.4) is 0 Å². The highest BCUT2D eigenvalue weighted by molar-refractivity contribution is 5.77. The summed E-state index contributed by atoms with van der Waals surface area (Å²) in [6.45, 7) is 2.34. The van der Waals surface area contributed by atoms with Crippen molar-refractivity contribution in [2.45, 2.75) is 25.7 Å². The van der Waals surface area contributed by atoms with Gasteiger partial charge in [0.15, 0.2) is 0 Å². The molecule has 1 aromatic carbocycles. The minimum Gasteiger partial charge on any atom is -0.469 e. The summed E-state index contributed by atoms with van der Waals surface area (Å²) in [5.74, 6) is -0.189. The highest BCUT2D eigenvalue weighted by atomic mass is 16.5. The molecule has 0 aliphatic heterocycles. The van der Waals surface area contributed by atoms with E-state index >= 15 is 0 Å². The Bertz CT molecular complexity index is 389. The fourth-order valence-corrected chi connectivity index (χ4v) is 1.66.